The number of rotatable bonds is 21. The zero-order chi connectivity index (χ0) is 33.9. The van der Waals surface area contributed by atoms with E-state index in [-0.39, 0.29) is 6.61 Å². The van der Waals surface area contributed by atoms with E-state index in [1.54, 1.807) is 12.1 Å². The molecular formula is C35H55NO10. The summed E-state index contributed by atoms with van der Waals surface area (Å²) in [5.41, 5.74) is 7.82. The van der Waals surface area contributed by atoms with E-state index in [4.69, 9.17) is 34.2 Å². The van der Waals surface area contributed by atoms with E-state index in [2.05, 4.69) is 6.92 Å². The summed E-state index contributed by atoms with van der Waals surface area (Å²) in [5, 5.41) is 0. The Balaban J connectivity index is 2.03. The summed E-state index contributed by atoms with van der Waals surface area (Å²) in [7, 11) is 0. The molecule has 2 N–H and O–H groups in total. The van der Waals surface area contributed by atoms with Crippen LogP contribution >= 0.6 is 0 Å². The number of nitrogens with two attached hydrogens (primary N) is 1. The Morgan fingerprint density at radius 3 is 1.70 bits per heavy atom. The third kappa shape index (κ3) is 14.8. The molecule has 1 fully saturated rings. The molecule has 0 radical (unpaired) electrons. The van der Waals surface area contributed by atoms with Crippen LogP contribution in [0.2, 0.25) is 0 Å². The van der Waals surface area contributed by atoms with Gasteiger partial charge in [-0.15, -0.1) is 0 Å². The third-order valence-electron chi connectivity index (χ3n) is 7.86. The van der Waals surface area contributed by atoms with Crippen LogP contribution in [0.25, 0.3) is 0 Å². The quantitative estimate of drug-likeness (QED) is 0.0685. The fraction of sp³-hybridized carbons (Fsp3) is 0.714. The van der Waals surface area contributed by atoms with E-state index >= 15 is 0 Å². The van der Waals surface area contributed by atoms with Gasteiger partial charge in [0, 0.05) is 33.4 Å². The lowest BCUT2D eigenvalue weighted by Crippen LogP contribution is -2.63. The number of ether oxygens (including phenoxy) is 6. The topological polar surface area (TPSA) is 150 Å². The molecule has 0 amide bonds. The minimum Gasteiger partial charge on any atom is -0.463 e. The molecule has 11 heteroatoms. The van der Waals surface area contributed by atoms with Crippen molar-refractivity contribution in [1.29, 1.82) is 0 Å². The maximum Gasteiger partial charge on any atom is 0.303 e. The summed E-state index contributed by atoms with van der Waals surface area (Å²) in [6.45, 7) is 6.66. The monoisotopic (exact) mass is 649 g/mol. The number of esters is 4. The lowest BCUT2D eigenvalue weighted by molar-refractivity contribution is -0.288. The smallest absolute Gasteiger partial charge is 0.303 e. The maximum atomic E-state index is 12.1. The van der Waals surface area contributed by atoms with Crippen LogP contribution in [0.15, 0.2) is 18.2 Å². The fourth-order valence-electron chi connectivity index (χ4n) is 5.62. The molecular weight excluding hydrogens is 594 g/mol. The average Bonchev–Trinajstić information content (AvgIpc) is 2.98. The van der Waals surface area contributed by atoms with Crippen LogP contribution in [0, 0.1) is 0 Å². The highest BCUT2D eigenvalue weighted by Gasteiger charge is 2.53. The van der Waals surface area contributed by atoms with Crippen molar-refractivity contribution in [3.8, 4) is 5.75 Å². The van der Waals surface area contributed by atoms with Crippen LogP contribution in [-0.4, -0.2) is 61.2 Å². The number of unbranched alkanes of at least 4 members (excludes halogenated alkanes) is 12. The summed E-state index contributed by atoms with van der Waals surface area (Å²) in [6.07, 6.45) is 11.0. The Kier molecular flexibility index (Phi) is 18.1. The minimum absolute atomic E-state index is 0.330. The summed E-state index contributed by atoms with van der Waals surface area (Å²) >= 11 is 0. The van der Waals surface area contributed by atoms with Gasteiger partial charge in [-0.2, -0.15) is 0 Å². The summed E-state index contributed by atoms with van der Waals surface area (Å²) in [6, 6.07) is 5.21. The molecule has 0 unspecified atom stereocenters. The first-order valence-corrected chi connectivity index (χ1v) is 16.9. The van der Waals surface area contributed by atoms with Gasteiger partial charge in [0.2, 0.25) is 12.4 Å². The second kappa shape index (κ2) is 21.5. The van der Waals surface area contributed by atoms with Crippen molar-refractivity contribution in [1.82, 2.24) is 0 Å². The van der Waals surface area contributed by atoms with Crippen LogP contribution in [0.5, 0.6) is 5.75 Å². The number of carbonyl (C=O) groups excluding carboxylic acids is 4. The summed E-state index contributed by atoms with van der Waals surface area (Å²) < 4.78 is 33.7. The summed E-state index contributed by atoms with van der Waals surface area (Å²) in [4.78, 5) is 47.7. The van der Waals surface area contributed by atoms with Crippen molar-refractivity contribution >= 4 is 29.6 Å². The van der Waals surface area contributed by atoms with Crippen molar-refractivity contribution < 1.29 is 47.6 Å². The van der Waals surface area contributed by atoms with Gasteiger partial charge < -0.3 is 34.2 Å². The van der Waals surface area contributed by atoms with Gasteiger partial charge >= 0.3 is 23.9 Å². The highest BCUT2D eigenvalue weighted by molar-refractivity contribution is 5.68. The van der Waals surface area contributed by atoms with Crippen molar-refractivity contribution in [2.24, 2.45) is 0 Å². The maximum absolute atomic E-state index is 12.1. The first-order valence-electron chi connectivity index (χ1n) is 16.9. The molecule has 0 aromatic heterocycles. The van der Waals surface area contributed by atoms with Gasteiger partial charge in [-0.05, 0) is 36.6 Å². The Hall–Kier alpha value is -3.34. The second-order valence-electron chi connectivity index (χ2n) is 12.0. The second-order valence-corrected chi connectivity index (χ2v) is 12.0. The molecule has 1 saturated heterocycles. The predicted octanol–water partition coefficient (Wildman–Crippen LogP) is 6.36. The molecule has 1 aliphatic rings. The van der Waals surface area contributed by atoms with Gasteiger partial charge in [0.1, 0.15) is 18.5 Å². The first kappa shape index (κ1) is 38.8. The van der Waals surface area contributed by atoms with E-state index in [1.165, 1.54) is 98.3 Å². The summed E-state index contributed by atoms with van der Waals surface area (Å²) in [5.74, 6) is -2.31. The van der Waals surface area contributed by atoms with Gasteiger partial charge in [0.15, 0.2) is 12.2 Å². The number of carbonyl (C=O) groups is 4. The van der Waals surface area contributed by atoms with E-state index in [0.29, 0.717) is 11.4 Å². The number of hydrogen-bond acceptors (Lipinski definition) is 11. The number of nitrogen functional groups attached to an aromatic ring is 1. The van der Waals surface area contributed by atoms with Crippen molar-refractivity contribution in [3.63, 3.8) is 0 Å². The SMILES string of the molecule is CCCCCCCCCCCCCCCc1cc(O[C@@H]2O[C@@H](COC(C)=O)[C@@H](OC(C)=O)[C@@H](OC(C)=O)[C@@H]2OC(C)=O)ccc1N. The molecule has 0 saturated carbocycles. The molecule has 1 heterocycles. The van der Waals surface area contributed by atoms with E-state index in [1.807, 2.05) is 6.07 Å². The Labute approximate surface area is 274 Å². The number of hydrogen-bond donors (Lipinski definition) is 1. The molecule has 1 aliphatic heterocycles. The molecule has 1 aromatic rings. The van der Waals surface area contributed by atoms with Crippen LogP contribution in [0.1, 0.15) is 124 Å². The molecule has 0 spiro atoms. The van der Waals surface area contributed by atoms with Gasteiger partial charge in [0.25, 0.3) is 0 Å². The zero-order valence-corrected chi connectivity index (χ0v) is 28.4. The zero-order valence-electron chi connectivity index (χ0n) is 28.4. The highest BCUT2D eigenvalue weighted by atomic mass is 16.7. The molecule has 260 valence electrons. The van der Waals surface area contributed by atoms with E-state index < -0.39 is 54.6 Å². The lowest BCUT2D eigenvalue weighted by Gasteiger charge is -2.43. The Bertz CT molecular complexity index is 1090. The van der Waals surface area contributed by atoms with Gasteiger partial charge in [-0.3, -0.25) is 19.2 Å². The van der Waals surface area contributed by atoms with E-state index in [9.17, 15) is 19.2 Å². The average molecular weight is 650 g/mol. The largest absolute Gasteiger partial charge is 0.463 e. The number of anilines is 1. The molecule has 0 aliphatic carbocycles. The van der Waals surface area contributed by atoms with Crippen LogP contribution in [0.4, 0.5) is 5.69 Å². The lowest BCUT2D eigenvalue weighted by atomic mass is 9.98. The molecule has 0 bridgehead atoms. The van der Waals surface area contributed by atoms with Gasteiger partial charge in [-0.25, -0.2) is 0 Å². The first-order chi connectivity index (χ1) is 22.0. The van der Waals surface area contributed by atoms with Crippen LogP contribution in [-0.2, 0) is 49.3 Å². The molecule has 46 heavy (non-hydrogen) atoms. The van der Waals surface area contributed by atoms with Crippen LogP contribution < -0.4 is 10.5 Å². The number of aryl methyl sites for hydroxylation is 1. The molecule has 2 rings (SSSR count). The van der Waals surface area contributed by atoms with Crippen molar-refractivity contribution in [2.75, 3.05) is 12.3 Å². The highest BCUT2D eigenvalue weighted by Crippen LogP contribution is 2.32. The molecule has 5 atom stereocenters. The number of benzene rings is 1. The third-order valence-corrected chi connectivity index (χ3v) is 7.86. The molecule has 11 nitrogen and oxygen atoms in total. The molecule has 1 aromatic carbocycles. The van der Waals surface area contributed by atoms with E-state index in [0.717, 1.165) is 24.8 Å². The Morgan fingerprint density at radius 2 is 1.17 bits per heavy atom. The normalized spacial score (nSPS) is 20.8. The van der Waals surface area contributed by atoms with Gasteiger partial charge in [-0.1, -0.05) is 84.0 Å². The predicted molar refractivity (Wildman–Crippen MR) is 173 cm³/mol. The Morgan fingerprint density at radius 1 is 0.674 bits per heavy atom. The van der Waals surface area contributed by atoms with Gasteiger partial charge in [0.05, 0.1) is 0 Å². The van der Waals surface area contributed by atoms with Crippen molar-refractivity contribution in [2.45, 2.75) is 155 Å². The van der Waals surface area contributed by atoms with Crippen molar-refractivity contribution in [3.05, 3.63) is 23.8 Å². The fourth-order valence-corrected chi connectivity index (χ4v) is 5.62. The minimum atomic E-state index is -1.30. The van der Waals surface area contributed by atoms with Crippen LogP contribution in [0.3, 0.4) is 0 Å². The standard InChI is InChI=1S/C35H55NO10/c1-6-7-8-9-10-11-12-13-14-15-16-17-18-19-28-22-29(20-21-30(28)36)45-35-34(44-27(5)40)33(43-26(4)39)32(42-25(3)38)31(46-35)23-41-24(2)37/h20-22,31-35H,6-19,23,36H2,1-5H3/t31-,32+,33+,34-,35+/m0/s1.